The predicted molar refractivity (Wildman–Crippen MR) is 96.4 cm³/mol. The lowest BCUT2D eigenvalue weighted by molar-refractivity contribution is 0.262. The van der Waals surface area contributed by atoms with Crippen molar-refractivity contribution in [1.29, 1.82) is 0 Å². The van der Waals surface area contributed by atoms with Crippen LogP contribution in [0.2, 0.25) is 0 Å². The van der Waals surface area contributed by atoms with Gasteiger partial charge in [-0.3, -0.25) is 4.79 Å². The number of amides is 1. The van der Waals surface area contributed by atoms with Crippen molar-refractivity contribution in [3.63, 3.8) is 0 Å². The summed E-state index contributed by atoms with van der Waals surface area (Å²) >= 11 is 1.20. The Morgan fingerprint density at radius 2 is 1.96 bits per heavy atom. The zero-order valence-electron chi connectivity index (χ0n) is 14.1. The van der Waals surface area contributed by atoms with Gasteiger partial charge in [0.15, 0.2) is 0 Å². The summed E-state index contributed by atoms with van der Waals surface area (Å²) < 4.78 is 6.01. The molecule has 0 heterocycles. The highest BCUT2D eigenvalue weighted by molar-refractivity contribution is 8.13. The Bertz CT molecular complexity index is 698. The molecule has 0 aliphatic carbocycles. The number of carbonyl (C=O) groups excluding carboxylic acids is 1. The van der Waals surface area contributed by atoms with Crippen LogP contribution in [0.3, 0.4) is 0 Å². The number of nitrogens with one attached hydrogen (secondary N) is 1. The largest absolute Gasteiger partial charge is 0.489 e. The maximum atomic E-state index is 11.7. The Labute approximate surface area is 142 Å². The van der Waals surface area contributed by atoms with Crippen molar-refractivity contribution in [1.82, 2.24) is 5.32 Å². The highest BCUT2D eigenvalue weighted by atomic mass is 32.2. The van der Waals surface area contributed by atoms with Crippen LogP contribution < -0.4 is 10.1 Å². The minimum atomic E-state index is -0.0691. The standard InChI is InChI=1S/C19H23NO2S/c1-5-15-9-10-17(14(3)11-15)22-12-16-13(2)7-6-8-18(16)23-19(21)20-4/h6-11H,5,12H2,1-4H3,(H,20,21). The van der Waals surface area contributed by atoms with Crippen molar-refractivity contribution in [2.75, 3.05) is 7.05 Å². The first-order chi connectivity index (χ1) is 11.0. The summed E-state index contributed by atoms with van der Waals surface area (Å²) in [6.07, 6.45) is 1.02. The van der Waals surface area contributed by atoms with E-state index in [1.54, 1.807) is 7.05 Å². The van der Waals surface area contributed by atoms with Crippen LogP contribution in [-0.4, -0.2) is 12.3 Å². The second-order valence-electron chi connectivity index (χ2n) is 5.43. The van der Waals surface area contributed by atoms with E-state index < -0.39 is 0 Å². The summed E-state index contributed by atoms with van der Waals surface area (Å²) in [6.45, 7) is 6.70. The summed E-state index contributed by atoms with van der Waals surface area (Å²) in [4.78, 5) is 12.6. The summed E-state index contributed by atoms with van der Waals surface area (Å²) in [5, 5.41) is 2.57. The molecule has 0 unspecified atom stereocenters. The Kier molecular flexibility index (Phi) is 6.11. The molecule has 3 nitrogen and oxygen atoms in total. The van der Waals surface area contributed by atoms with Gasteiger partial charge in [-0.15, -0.1) is 0 Å². The zero-order chi connectivity index (χ0) is 16.8. The Morgan fingerprint density at radius 3 is 2.61 bits per heavy atom. The average molecular weight is 329 g/mol. The van der Waals surface area contributed by atoms with Crippen molar-refractivity contribution in [2.45, 2.75) is 38.7 Å². The average Bonchev–Trinajstić information content (AvgIpc) is 2.55. The van der Waals surface area contributed by atoms with Gasteiger partial charge < -0.3 is 10.1 Å². The Balaban J connectivity index is 2.18. The Morgan fingerprint density at radius 1 is 1.17 bits per heavy atom. The second-order valence-corrected chi connectivity index (χ2v) is 6.45. The molecule has 1 amide bonds. The third kappa shape index (κ3) is 4.52. The van der Waals surface area contributed by atoms with E-state index in [1.807, 2.05) is 31.2 Å². The molecule has 0 saturated carbocycles. The molecule has 0 aliphatic heterocycles. The molecule has 0 saturated heterocycles. The first-order valence-corrected chi connectivity index (χ1v) is 8.57. The van der Waals surface area contributed by atoms with Gasteiger partial charge in [0, 0.05) is 17.5 Å². The van der Waals surface area contributed by atoms with Gasteiger partial charge in [0.25, 0.3) is 5.24 Å². The van der Waals surface area contributed by atoms with Crippen molar-refractivity contribution in [2.24, 2.45) is 0 Å². The van der Waals surface area contributed by atoms with E-state index in [-0.39, 0.29) is 5.24 Å². The summed E-state index contributed by atoms with van der Waals surface area (Å²) in [5.74, 6) is 0.890. The third-order valence-corrected chi connectivity index (χ3v) is 4.79. The fraction of sp³-hybridized carbons (Fsp3) is 0.316. The van der Waals surface area contributed by atoms with Crippen molar-refractivity contribution in [3.8, 4) is 5.75 Å². The lowest BCUT2D eigenvalue weighted by atomic mass is 10.1. The first-order valence-electron chi connectivity index (χ1n) is 7.75. The molecule has 0 atom stereocenters. The molecule has 2 aromatic carbocycles. The van der Waals surface area contributed by atoms with Crippen molar-refractivity contribution >= 4 is 17.0 Å². The summed E-state index contributed by atoms with van der Waals surface area (Å²) in [7, 11) is 1.64. The molecule has 0 fully saturated rings. The summed E-state index contributed by atoms with van der Waals surface area (Å²) in [6, 6.07) is 12.2. The van der Waals surface area contributed by atoms with Crippen LogP contribution in [0.1, 0.15) is 29.2 Å². The number of carbonyl (C=O) groups is 1. The van der Waals surface area contributed by atoms with E-state index in [0.29, 0.717) is 6.61 Å². The number of thioether (sulfide) groups is 1. The molecule has 23 heavy (non-hydrogen) atoms. The molecule has 2 rings (SSSR count). The van der Waals surface area contributed by atoms with Crippen molar-refractivity contribution < 1.29 is 9.53 Å². The van der Waals surface area contributed by atoms with E-state index in [2.05, 4.69) is 31.3 Å². The maximum Gasteiger partial charge on any atom is 0.283 e. The minimum absolute atomic E-state index is 0.0691. The number of rotatable bonds is 5. The van der Waals surface area contributed by atoms with E-state index >= 15 is 0 Å². The second kappa shape index (κ2) is 8.06. The predicted octanol–water partition coefficient (Wildman–Crippen LogP) is 4.88. The molecule has 0 aliphatic rings. The third-order valence-electron chi connectivity index (χ3n) is 3.79. The molecule has 2 aromatic rings. The molecular formula is C19H23NO2S. The minimum Gasteiger partial charge on any atom is -0.489 e. The van der Waals surface area contributed by atoms with E-state index in [9.17, 15) is 4.79 Å². The SMILES string of the molecule is CCc1ccc(OCc2c(C)cccc2SC(=O)NC)c(C)c1. The molecule has 0 radical (unpaired) electrons. The van der Waals surface area contributed by atoms with Gasteiger partial charge in [-0.25, -0.2) is 0 Å². The van der Waals surface area contributed by atoms with Gasteiger partial charge in [0.2, 0.25) is 0 Å². The molecule has 0 aromatic heterocycles. The van der Waals surface area contributed by atoms with Crippen LogP contribution in [0, 0.1) is 13.8 Å². The van der Waals surface area contributed by atoms with Crippen LogP contribution in [0.25, 0.3) is 0 Å². The zero-order valence-corrected chi connectivity index (χ0v) is 14.9. The first kappa shape index (κ1) is 17.4. The molecule has 0 spiro atoms. The molecule has 1 N–H and O–H groups in total. The fourth-order valence-electron chi connectivity index (χ4n) is 2.35. The maximum absolute atomic E-state index is 11.7. The monoisotopic (exact) mass is 329 g/mol. The van der Waals surface area contributed by atoms with E-state index in [0.717, 1.165) is 33.8 Å². The van der Waals surface area contributed by atoms with Gasteiger partial charge >= 0.3 is 0 Å². The lowest BCUT2D eigenvalue weighted by Gasteiger charge is -2.14. The molecule has 4 heteroatoms. The van der Waals surface area contributed by atoms with Crippen molar-refractivity contribution in [3.05, 3.63) is 58.7 Å². The summed E-state index contributed by atoms with van der Waals surface area (Å²) in [5.41, 5.74) is 4.63. The highest BCUT2D eigenvalue weighted by Gasteiger charge is 2.11. The topological polar surface area (TPSA) is 38.3 Å². The Hall–Kier alpha value is -1.94. The van der Waals surface area contributed by atoms with E-state index in [4.69, 9.17) is 4.74 Å². The van der Waals surface area contributed by atoms with Gasteiger partial charge in [0.1, 0.15) is 12.4 Å². The number of hydrogen-bond acceptors (Lipinski definition) is 3. The number of hydrogen-bond donors (Lipinski definition) is 1. The van der Waals surface area contributed by atoms with Crippen LogP contribution in [-0.2, 0) is 13.0 Å². The fourth-order valence-corrected chi connectivity index (χ4v) is 3.14. The molecular weight excluding hydrogens is 306 g/mol. The van der Waals surface area contributed by atoms with Crippen LogP contribution in [0.5, 0.6) is 5.75 Å². The highest BCUT2D eigenvalue weighted by Crippen LogP contribution is 2.28. The van der Waals surface area contributed by atoms with Gasteiger partial charge in [0.05, 0.1) is 0 Å². The number of ether oxygens (including phenoxy) is 1. The van der Waals surface area contributed by atoms with Crippen LogP contribution in [0.15, 0.2) is 41.3 Å². The smallest absolute Gasteiger partial charge is 0.283 e. The number of benzene rings is 2. The van der Waals surface area contributed by atoms with Crippen LogP contribution in [0.4, 0.5) is 4.79 Å². The quantitative estimate of drug-likeness (QED) is 0.795. The molecule has 122 valence electrons. The molecule has 0 bridgehead atoms. The van der Waals surface area contributed by atoms with Gasteiger partial charge in [-0.2, -0.15) is 0 Å². The van der Waals surface area contributed by atoms with E-state index in [1.165, 1.54) is 17.3 Å². The lowest BCUT2D eigenvalue weighted by Crippen LogP contribution is -2.12. The normalized spacial score (nSPS) is 10.4. The van der Waals surface area contributed by atoms with Crippen LogP contribution >= 0.6 is 11.8 Å². The van der Waals surface area contributed by atoms with Gasteiger partial charge in [-0.1, -0.05) is 31.2 Å². The van der Waals surface area contributed by atoms with Gasteiger partial charge in [-0.05, 0) is 60.9 Å². The number of aryl methyl sites for hydroxylation is 3.